The Morgan fingerprint density at radius 1 is 0.867 bits per heavy atom. The highest BCUT2D eigenvalue weighted by Crippen LogP contribution is 2.21. The highest BCUT2D eigenvalue weighted by molar-refractivity contribution is 5.98. The number of carbonyl (C=O) groups is 1. The number of rotatable bonds is 11. The molecule has 3 aromatic carbocycles. The minimum atomic E-state index is -0.661. The fourth-order valence-corrected chi connectivity index (χ4v) is 3.08. The molecule has 5 heteroatoms. The minimum Gasteiger partial charge on any atom is -0.490 e. The summed E-state index contributed by atoms with van der Waals surface area (Å²) in [6.07, 6.45) is 0.456. The van der Waals surface area contributed by atoms with Crippen molar-refractivity contribution in [1.82, 2.24) is 5.32 Å². The molecule has 0 aromatic heterocycles. The van der Waals surface area contributed by atoms with Gasteiger partial charge in [0.2, 0.25) is 0 Å². The Hall–Kier alpha value is -2.66. The van der Waals surface area contributed by atoms with Gasteiger partial charge in [0.05, 0.1) is 5.56 Å². The maximum Gasteiger partial charge on any atom is 0.166 e. The van der Waals surface area contributed by atoms with Crippen LogP contribution in [0.4, 0.5) is 0 Å². The molecular formula is C25H28ClNO3. The molecule has 0 bridgehead atoms. The molecule has 0 aliphatic carbocycles. The van der Waals surface area contributed by atoms with Gasteiger partial charge in [0, 0.05) is 19.5 Å². The van der Waals surface area contributed by atoms with Gasteiger partial charge in [-0.25, -0.2) is 0 Å². The summed E-state index contributed by atoms with van der Waals surface area (Å²) in [5.41, 5.74) is 2.86. The van der Waals surface area contributed by atoms with Crippen LogP contribution in [-0.2, 0) is 13.0 Å². The Kier molecular flexibility index (Phi) is 10.1. The molecule has 0 radical (unpaired) electrons. The van der Waals surface area contributed by atoms with Crippen LogP contribution >= 0.6 is 12.4 Å². The highest BCUT2D eigenvalue weighted by atomic mass is 35.5. The monoisotopic (exact) mass is 425 g/mol. The van der Waals surface area contributed by atoms with Crippen LogP contribution in [0.25, 0.3) is 0 Å². The number of aliphatic hydroxyl groups is 1. The molecule has 158 valence electrons. The number of benzene rings is 3. The molecule has 0 aliphatic heterocycles. The molecule has 1 atom stereocenters. The molecule has 0 amide bonds. The second-order valence-electron chi connectivity index (χ2n) is 6.99. The number of nitrogens with one attached hydrogen (secondary N) is 1. The number of ether oxygens (including phenoxy) is 1. The topological polar surface area (TPSA) is 58.6 Å². The van der Waals surface area contributed by atoms with Gasteiger partial charge < -0.3 is 15.2 Å². The number of hydrogen-bond donors (Lipinski definition) is 2. The number of aryl methyl sites for hydroxylation is 1. The van der Waals surface area contributed by atoms with Crippen LogP contribution in [0.15, 0.2) is 84.9 Å². The van der Waals surface area contributed by atoms with Gasteiger partial charge in [-0.2, -0.15) is 0 Å². The number of Topliss-reactive ketones (excluding diaryl/α,β-unsaturated/α-hetero) is 1. The Morgan fingerprint density at radius 2 is 1.47 bits per heavy atom. The van der Waals surface area contributed by atoms with Gasteiger partial charge in [-0.05, 0) is 29.7 Å². The smallest absolute Gasteiger partial charge is 0.166 e. The first-order valence-electron chi connectivity index (χ1n) is 9.94. The van der Waals surface area contributed by atoms with Crippen LogP contribution in [0.3, 0.4) is 0 Å². The quantitative estimate of drug-likeness (QED) is 0.445. The van der Waals surface area contributed by atoms with Crippen LogP contribution in [0.2, 0.25) is 0 Å². The number of para-hydroxylation sites is 1. The molecule has 0 heterocycles. The number of ketones is 1. The number of aliphatic hydroxyl groups excluding tert-OH is 1. The normalized spacial score (nSPS) is 11.4. The molecular weight excluding hydrogens is 398 g/mol. The Morgan fingerprint density at radius 3 is 2.17 bits per heavy atom. The predicted molar refractivity (Wildman–Crippen MR) is 122 cm³/mol. The van der Waals surface area contributed by atoms with E-state index in [4.69, 9.17) is 4.74 Å². The van der Waals surface area contributed by atoms with Crippen LogP contribution in [0.1, 0.15) is 27.9 Å². The number of carbonyl (C=O) groups excluding carboxylic acids is 1. The Labute approximate surface area is 184 Å². The van der Waals surface area contributed by atoms with Crippen molar-refractivity contribution >= 4 is 18.2 Å². The highest BCUT2D eigenvalue weighted by Gasteiger charge is 2.14. The van der Waals surface area contributed by atoms with E-state index in [9.17, 15) is 9.90 Å². The second kappa shape index (κ2) is 12.8. The van der Waals surface area contributed by atoms with Crippen LogP contribution in [-0.4, -0.2) is 30.1 Å². The van der Waals surface area contributed by atoms with E-state index in [2.05, 4.69) is 5.32 Å². The molecule has 0 aliphatic rings. The van der Waals surface area contributed by atoms with Crippen molar-refractivity contribution in [2.45, 2.75) is 25.5 Å². The maximum atomic E-state index is 12.7. The molecule has 0 saturated carbocycles. The van der Waals surface area contributed by atoms with E-state index >= 15 is 0 Å². The van der Waals surface area contributed by atoms with E-state index < -0.39 is 6.10 Å². The standard InChI is InChI=1S/C25H27NO3.ClH/c27-22(18-26-17-21-11-5-2-6-12-21)19-29-25-14-8-7-13-23(25)24(28)16-15-20-9-3-1-4-10-20;/h1-14,22,26-27H,15-19H2;1H. The van der Waals surface area contributed by atoms with Gasteiger partial charge in [0.15, 0.2) is 5.78 Å². The summed E-state index contributed by atoms with van der Waals surface area (Å²) in [6, 6.07) is 27.2. The average Bonchev–Trinajstić information content (AvgIpc) is 2.78. The molecule has 4 nitrogen and oxygen atoms in total. The Bertz CT molecular complexity index is 887. The number of halogens is 1. The fourth-order valence-electron chi connectivity index (χ4n) is 3.08. The van der Waals surface area contributed by atoms with Crippen molar-refractivity contribution in [3.05, 3.63) is 102 Å². The summed E-state index contributed by atoms with van der Waals surface area (Å²) in [5.74, 6) is 0.564. The third-order valence-corrected chi connectivity index (χ3v) is 4.65. The van der Waals surface area contributed by atoms with Crippen molar-refractivity contribution in [2.75, 3.05) is 13.2 Å². The molecule has 30 heavy (non-hydrogen) atoms. The summed E-state index contributed by atoms with van der Waals surface area (Å²) in [7, 11) is 0. The van der Waals surface area contributed by atoms with Gasteiger partial charge in [0.25, 0.3) is 0 Å². The first-order valence-corrected chi connectivity index (χ1v) is 9.94. The number of hydrogen-bond acceptors (Lipinski definition) is 4. The van der Waals surface area contributed by atoms with Crippen molar-refractivity contribution in [2.24, 2.45) is 0 Å². The van der Waals surface area contributed by atoms with Crippen LogP contribution < -0.4 is 10.1 Å². The van der Waals surface area contributed by atoms with E-state index in [1.807, 2.05) is 72.8 Å². The van der Waals surface area contributed by atoms with Gasteiger partial charge in [-0.15, -0.1) is 12.4 Å². The van der Waals surface area contributed by atoms with Gasteiger partial charge in [-0.3, -0.25) is 4.79 Å². The van der Waals surface area contributed by atoms with E-state index in [-0.39, 0.29) is 24.8 Å². The van der Waals surface area contributed by atoms with Gasteiger partial charge in [-0.1, -0.05) is 72.8 Å². The van der Waals surface area contributed by atoms with E-state index in [1.54, 1.807) is 12.1 Å². The molecule has 2 N–H and O–H groups in total. The third kappa shape index (κ3) is 7.64. The third-order valence-electron chi connectivity index (χ3n) is 4.65. The lowest BCUT2D eigenvalue weighted by atomic mass is 10.0. The average molecular weight is 426 g/mol. The molecule has 3 rings (SSSR count). The molecule has 0 fully saturated rings. The van der Waals surface area contributed by atoms with Crippen LogP contribution in [0, 0.1) is 0 Å². The predicted octanol–water partition coefficient (Wildman–Crippen LogP) is 4.45. The lowest BCUT2D eigenvalue weighted by Crippen LogP contribution is -2.31. The lowest BCUT2D eigenvalue weighted by Gasteiger charge is -2.15. The first kappa shape index (κ1) is 23.6. The Balaban J connectivity index is 0.00000320. The van der Waals surface area contributed by atoms with Crippen molar-refractivity contribution in [3.8, 4) is 5.75 Å². The van der Waals surface area contributed by atoms with Gasteiger partial charge in [0.1, 0.15) is 18.5 Å². The van der Waals surface area contributed by atoms with Crippen LogP contribution in [0.5, 0.6) is 5.75 Å². The summed E-state index contributed by atoms with van der Waals surface area (Å²) < 4.78 is 5.76. The first-order chi connectivity index (χ1) is 14.2. The SMILES string of the molecule is Cl.O=C(CCc1ccccc1)c1ccccc1OCC(O)CNCc1ccccc1. The molecule has 1 unspecified atom stereocenters. The van der Waals surface area contributed by atoms with E-state index in [1.165, 1.54) is 0 Å². The lowest BCUT2D eigenvalue weighted by molar-refractivity contribution is 0.0949. The minimum absolute atomic E-state index is 0. The molecule has 3 aromatic rings. The van der Waals surface area contributed by atoms with Crippen molar-refractivity contribution < 1.29 is 14.6 Å². The molecule has 0 saturated heterocycles. The summed E-state index contributed by atoms with van der Waals surface area (Å²) in [6.45, 7) is 1.23. The molecule has 0 spiro atoms. The zero-order valence-corrected chi connectivity index (χ0v) is 17.7. The van der Waals surface area contributed by atoms with E-state index in [0.29, 0.717) is 37.2 Å². The fraction of sp³-hybridized carbons (Fsp3) is 0.240. The summed E-state index contributed by atoms with van der Waals surface area (Å²) >= 11 is 0. The van der Waals surface area contributed by atoms with Crippen molar-refractivity contribution in [1.29, 1.82) is 0 Å². The zero-order valence-electron chi connectivity index (χ0n) is 16.9. The van der Waals surface area contributed by atoms with Crippen molar-refractivity contribution in [3.63, 3.8) is 0 Å². The summed E-state index contributed by atoms with van der Waals surface area (Å²) in [5, 5.41) is 13.4. The van der Waals surface area contributed by atoms with E-state index in [0.717, 1.165) is 11.1 Å². The van der Waals surface area contributed by atoms with Gasteiger partial charge >= 0.3 is 0 Å². The largest absolute Gasteiger partial charge is 0.490 e. The second-order valence-corrected chi connectivity index (χ2v) is 6.99. The zero-order chi connectivity index (χ0) is 20.3. The summed E-state index contributed by atoms with van der Waals surface area (Å²) in [4.78, 5) is 12.7. The maximum absolute atomic E-state index is 12.7.